The number of ketones is 3. The molecule has 0 amide bonds. The smallest absolute Gasteiger partial charge is 0.129 e. The molecule has 0 spiro atoms. The number of Topliss-reactive ketones (excluding diaryl/α,β-unsaturated/α-hetero) is 3. The van der Waals surface area contributed by atoms with Gasteiger partial charge in [-0.05, 0) is 318 Å². The number of hydrogen-bond donors (Lipinski definition) is 0. The van der Waals surface area contributed by atoms with Crippen molar-refractivity contribution in [2.24, 2.45) is 0 Å². The standard InChI is InChI=1S/C34H35FO3.C32H37FO4.C30H31BrClFO3/c1-24(36)6-4-9-27-14-15-33(22-34(27)29-10-5-11-30(35)21-29)38-32-18-16-31(17-19-32)37-23-25-12-13-26-7-2-3-8-28(26)20-25;1-22-10-11-26(32(18-22)35-3)21-36-28-14-16-29(17-15-28)37-30-13-12-24(7-4-6-23(2)34)31(20-30)25-8-5-9-27(33)19-25;1-20(34)4-2-5-21-9-11-28(18-29(21)22-6-3-7-25(33)16-22)36-27-14-12-26(13-15-27)35-19-23-8-10-24(32)17-30(23)31/h2-3,5,7-8,10-15,20-22,31-32H,4,6,9,16-19,23H2,1H3;5,8-13,18-20,28-29H,4,6-7,14-17,21H2,1-3H3;3,6-11,16-18,26-27H,2,4-5,12-15,19H2,1H3. The molecule has 0 N–H and O–H groups in total. The van der Waals surface area contributed by atoms with Crippen molar-refractivity contribution in [3.8, 4) is 56.4 Å². The van der Waals surface area contributed by atoms with E-state index in [-0.39, 0.29) is 71.4 Å². The number of carbonyl (C=O) groups excluding carboxylic acids is 3. The van der Waals surface area contributed by atoms with Gasteiger partial charge in [0, 0.05) is 34.3 Å². The molecule has 10 nitrogen and oxygen atoms in total. The Bertz CT molecular complexity index is 4710. The average Bonchev–Trinajstić information content (AvgIpc) is 0.827. The summed E-state index contributed by atoms with van der Waals surface area (Å²) in [7, 11) is 1.69. The molecule has 0 atom stereocenters. The van der Waals surface area contributed by atoms with Gasteiger partial charge in [0.2, 0.25) is 0 Å². The van der Waals surface area contributed by atoms with Crippen molar-refractivity contribution in [3.05, 3.63) is 272 Å². The van der Waals surface area contributed by atoms with Gasteiger partial charge in [-0.15, -0.1) is 0 Å². The average molecular weight is 1590 g/mol. The summed E-state index contributed by atoms with van der Waals surface area (Å²) in [6.07, 6.45) is 18.6. The Morgan fingerprint density at radius 1 is 0.387 bits per heavy atom. The highest BCUT2D eigenvalue weighted by Gasteiger charge is 2.28. The third-order valence-corrected chi connectivity index (χ3v) is 22.0. The predicted octanol–water partition coefficient (Wildman–Crippen LogP) is 24.8. The highest BCUT2D eigenvalue weighted by Crippen LogP contribution is 2.38. The van der Waals surface area contributed by atoms with Crippen molar-refractivity contribution < 1.29 is 60.7 Å². The van der Waals surface area contributed by atoms with Crippen LogP contribution in [0, 0.1) is 24.4 Å². The Kier molecular flexibility index (Phi) is 31.5. The van der Waals surface area contributed by atoms with Crippen molar-refractivity contribution in [2.75, 3.05) is 7.11 Å². The molecule has 0 bridgehead atoms. The maximum absolute atomic E-state index is 14.0. The molecule has 0 aromatic heterocycles. The second-order valence-corrected chi connectivity index (χ2v) is 31.2. The van der Waals surface area contributed by atoms with Gasteiger partial charge in [0.25, 0.3) is 0 Å². The predicted molar refractivity (Wildman–Crippen MR) is 442 cm³/mol. The van der Waals surface area contributed by atoms with E-state index in [1.165, 1.54) is 40.1 Å². The van der Waals surface area contributed by atoms with E-state index in [1.807, 2.05) is 78.9 Å². The van der Waals surface area contributed by atoms with Gasteiger partial charge >= 0.3 is 0 Å². The molecule has 3 aliphatic carbocycles. The number of hydrogen-bond acceptors (Lipinski definition) is 10. The van der Waals surface area contributed by atoms with Gasteiger partial charge in [0.15, 0.2) is 0 Å². The van der Waals surface area contributed by atoms with E-state index < -0.39 is 0 Å². The summed E-state index contributed by atoms with van der Waals surface area (Å²) in [5, 5.41) is 3.19. The van der Waals surface area contributed by atoms with Crippen LogP contribution in [0.15, 0.2) is 211 Å². The quantitative estimate of drug-likeness (QED) is 0.0416. The van der Waals surface area contributed by atoms with Crippen LogP contribution in [-0.2, 0) is 67.7 Å². The molecule has 13 rings (SSSR count). The van der Waals surface area contributed by atoms with E-state index in [0.29, 0.717) is 44.1 Å². The molecule has 15 heteroatoms. The maximum atomic E-state index is 14.0. The van der Waals surface area contributed by atoms with Crippen LogP contribution in [0.4, 0.5) is 13.2 Å². The van der Waals surface area contributed by atoms with Crippen molar-refractivity contribution in [3.63, 3.8) is 0 Å². The number of fused-ring (bicyclic) bond motifs is 1. The lowest BCUT2D eigenvalue weighted by atomic mass is 9.94. The minimum Gasteiger partial charge on any atom is -0.496 e. The SMILES string of the molecule is CC(=O)CCCc1ccc(OC2CCC(OCc3ccc(Cl)cc3Br)CC2)cc1-c1cccc(F)c1.CC(=O)CCCc1ccc(OC2CCC(OCc3ccc4ccccc4c3)CC2)cc1-c1cccc(F)c1.COc1cc(C)ccc1COC1CCC(Oc2ccc(CCCC(C)=O)c(-c3cccc(F)c3)c2)CC1. The fourth-order valence-corrected chi connectivity index (χ4v) is 15.8. The molecule has 3 saturated carbocycles. The summed E-state index contributed by atoms with van der Waals surface area (Å²) in [4.78, 5) is 34.2. The lowest BCUT2D eigenvalue weighted by molar-refractivity contribution is -0.117. The number of halogens is 5. The number of methoxy groups -OCH3 is 1. The second-order valence-electron chi connectivity index (χ2n) is 29.9. The molecule has 3 aliphatic rings. The highest BCUT2D eigenvalue weighted by molar-refractivity contribution is 9.10. The van der Waals surface area contributed by atoms with Gasteiger partial charge in [-0.25, -0.2) is 13.2 Å². The van der Waals surface area contributed by atoms with Crippen LogP contribution in [0.3, 0.4) is 0 Å². The highest BCUT2D eigenvalue weighted by atomic mass is 79.9. The first kappa shape index (κ1) is 83.1. The molecule has 0 aliphatic heterocycles. The number of benzene rings is 10. The largest absolute Gasteiger partial charge is 0.496 e. The number of aryl methyl sites for hydroxylation is 4. The monoisotopic (exact) mass is 1590 g/mol. The Hall–Kier alpha value is -8.89. The van der Waals surface area contributed by atoms with Crippen LogP contribution in [0.2, 0.25) is 5.02 Å². The topological polar surface area (TPSA) is 116 Å². The van der Waals surface area contributed by atoms with Gasteiger partial charge in [-0.2, -0.15) is 0 Å². The Morgan fingerprint density at radius 3 is 1.16 bits per heavy atom. The Morgan fingerprint density at radius 2 is 0.766 bits per heavy atom. The van der Waals surface area contributed by atoms with Crippen LogP contribution >= 0.6 is 27.5 Å². The molecular formula is C96H103BrClF3O10. The minimum atomic E-state index is -0.266. The van der Waals surface area contributed by atoms with Gasteiger partial charge in [-0.1, -0.05) is 137 Å². The summed E-state index contributed by atoms with van der Waals surface area (Å²) in [6.45, 7) is 8.62. The maximum Gasteiger partial charge on any atom is 0.129 e. The Balaban J connectivity index is 0.000000165. The molecule has 0 unspecified atom stereocenters. The summed E-state index contributed by atoms with van der Waals surface area (Å²) in [5.41, 5.74) is 13.2. The van der Waals surface area contributed by atoms with Gasteiger partial charge in [0.05, 0.1) is 63.6 Å². The van der Waals surface area contributed by atoms with E-state index in [2.05, 4.69) is 95.7 Å². The van der Waals surface area contributed by atoms with Crippen molar-refractivity contribution in [1.82, 2.24) is 0 Å². The fraction of sp³-hybridized carbons (Fsp3) is 0.365. The summed E-state index contributed by atoms with van der Waals surface area (Å²) >= 11 is 9.58. The summed E-state index contributed by atoms with van der Waals surface area (Å²) < 4.78 is 86.2. The summed E-state index contributed by atoms with van der Waals surface area (Å²) in [5.74, 6) is 3.03. The third-order valence-electron chi connectivity index (χ3n) is 21.1. The lowest BCUT2D eigenvalue weighted by Gasteiger charge is -2.29. The molecule has 111 heavy (non-hydrogen) atoms. The van der Waals surface area contributed by atoms with Crippen molar-refractivity contribution in [1.29, 1.82) is 0 Å². The minimum absolute atomic E-state index is 0.121. The van der Waals surface area contributed by atoms with Crippen LogP contribution in [0.1, 0.15) is 175 Å². The number of carbonyl (C=O) groups is 3. The van der Waals surface area contributed by atoms with Gasteiger partial charge in [-0.3, -0.25) is 0 Å². The molecule has 10 aromatic rings. The van der Waals surface area contributed by atoms with Gasteiger partial charge < -0.3 is 47.5 Å². The van der Waals surface area contributed by atoms with E-state index in [0.717, 1.165) is 204 Å². The molecule has 582 valence electrons. The molecule has 3 fully saturated rings. The molecular weight excluding hydrogens is 1490 g/mol. The summed E-state index contributed by atoms with van der Waals surface area (Å²) in [6, 6.07) is 65.1. The number of ether oxygens (including phenoxy) is 7. The van der Waals surface area contributed by atoms with E-state index in [4.69, 9.17) is 44.8 Å². The zero-order valence-electron chi connectivity index (χ0n) is 64.5. The Labute approximate surface area is 666 Å². The normalized spacial score (nSPS) is 17.5. The molecule has 0 radical (unpaired) electrons. The van der Waals surface area contributed by atoms with Crippen LogP contribution in [-0.4, -0.2) is 61.1 Å². The zero-order valence-corrected chi connectivity index (χ0v) is 66.9. The van der Waals surface area contributed by atoms with Crippen LogP contribution in [0.5, 0.6) is 23.0 Å². The zero-order chi connectivity index (χ0) is 78.0. The lowest BCUT2D eigenvalue weighted by Crippen LogP contribution is -2.28. The first-order valence-electron chi connectivity index (χ1n) is 39.4. The fourth-order valence-electron chi connectivity index (χ4n) is 15.0. The van der Waals surface area contributed by atoms with Crippen LogP contribution in [0.25, 0.3) is 44.2 Å². The van der Waals surface area contributed by atoms with Crippen molar-refractivity contribution in [2.45, 2.75) is 219 Å². The first-order chi connectivity index (χ1) is 53.8. The third kappa shape index (κ3) is 26.1. The molecule has 0 saturated heterocycles. The van der Waals surface area contributed by atoms with Crippen molar-refractivity contribution >= 4 is 55.7 Å². The second kappa shape index (κ2) is 42.1. The van der Waals surface area contributed by atoms with E-state index in [1.54, 1.807) is 64.3 Å². The van der Waals surface area contributed by atoms with Crippen LogP contribution < -0.4 is 18.9 Å². The molecule has 10 aromatic carbocycles. The van der Waals surface area contributed by atoms with E-state index >= 15 is 0 Å². The first-order valence-corrected chi connectivity index (χ1v) is 40.5. The van der Waals surface area contributed by atoms with Gasteiger partial charge in [0.1, 0.15) is 57.8 Å². The molecule has 0 heterocycles. The van der Waals surface area contributed by atoms with E-state index in [9.17, 15) is 27.6 Å². The number of rotatable bonds is 31.